The normalized spacial score (nSPS) is 17.9. The average Bonchev–Trinajstić information content (AvgIpc) is 2.55. The largest absolute Gasteiger partial charge is 0.478 e. The molecule has 1 fully saturated rings. The minimum Gasteiger partial charge on any atom is -0.478 e. The molecule has 0 aliphatic carbocycles. The molecule has 2 aliphatic rings. The molecule has 2 aliphatic heterocycles. The van der Waals surface area contributed by atoms with Crippen molar-refractivity contribution in [3.05, 3.63) is 36.0 Å². The van der Waals surface area contributed by atoms with Crippen molar-refractivity contribution in [2.45, 2.75) is 32.1 Å². The number of rotatable bonds is 6. The van der Waals surface area contributed by atoms with E-state index < -0.39 is 0 Å². The molecule has 1 aromatic heterocycles. The lowest BCUT2D eigenvalue weighted by Gasteiger charge is -2.26. The van der Waals surface area contributed by atoms with Gasteiger partial charge in [-0.1, -0.05) is 13.0 Å². The van der Waals surface area contributed by atoms with Crippen molar-refractivity contribution in [3.8, 4) is 5.88 Å². The van der Waals surface area contributed by atoms with Crippen LogP contribution in [0.15, 0.2) is 30.5 Å². The number of nitrogens with zero attached hydrogens (tertiary/aromatic N) is 2. The molecule has 22 heavy (non-hydrogen) atoms. The summed E-state index contributed by atoms with van der Waals surface area (Å²) in [7, 11) is 0. The molecular weight excluding hydrogens is 274 g/mol. The molecule has 1 N–H and O–H groups in total. The zero-order valence-corrected chi connectivity index (χ0v) is 13.2. The van der Waals surface area contributed by atoms with Crippen LogP contribution in [0.3, 0.4) is 0 Å². The van der Waals surface area contributed by atoms with Gasteiger partial charge in [0.1, 0.15) is 5.82 Å². The Morgan fingerprint density at radius 3 is 2.86 bits per heavy atom. The molecule has 3 rings (SSSR count). The standard InChI is InChI=1S/C18H25N3O/c1-15-7-8-16-9-10-17(20-18(16)19-15)22-14-6-5-13-21-11-3-2-4-12-21/h7-10H,1-6,11-14H2,(H,19,20). The van der Waals surface area contributed by atoms with Gasteiger partial charge in [0.05, 0.1) is 6.61 Å². The Morgan fingerprint density at radius 2 is 2.00 bits per heavy atom. The quantitative estimate of drug-likeness (QED) is 0.813. The van der Waals surface area contributed by atoms with E-state index in [2.05, 4.69) is 21.8 Å². The summed E-state index contributed by atoms with van der Waals surface area (Å²) in [5.74, 6) is 1.52. The van der Waals surface area contributed by atoms with E-state index >= 15 is 0 Å². The Hall–Kier alpha value is -1.81. The van der Waals surface area contributed by atoms with Gasteiger partial charge in [-0.15, -0.1) is 0 Å². The van der Waals surface area contributed by atoms with Crippen LogP contribution in [0.4, 0.5) is 5.82 Å². The molecule has 3 heterocycles. The molecule has 1 saturated heterocycles. The highest BCUT2D eigenvalue weighted by Crippen LogP contribution is 2.24. The number of pyridine rings is 1. The third-order valence-electron chi connectivity index (χ3n) is 4.21. The SMILES string of the molecule is C=C1C=Cc2ccc(OCCCCN3CCCCC3)nc2N1. The molecule has 0 aromatic carbocycles. The first-order valence-corrected chi connectivity index (χ1v) is 8.31. The van der Waals surface area contributed by atoms with Gasteiger partial charge in [-0.3, -0.25) is 0 Å². The van der Waals surface area contributed by atoms with Crippen LogP contribution in [0.25, 0.3) is 6.08 Å². The van der Waals surface area contributed by atoms with Crippen molar-refractivity contribution < 1.29 is 4.74 Å². The predicted molar refractivity (Wildman–Crippen MR) is 91.1 cm³/mol. The van der Waals surface area contributed by atoms with Gasteiger partial charge in [-0.2, -0.15) is 4.98 Å². The maximum absolute atomic E-state index is 5.77. The van der Waals surface area contributed by atoms with Crippen LogP contribution in [0.5, 0.6) is 5.88 Å². The molecule has 0 radical (unpaired) electrons. The number of unbranched alkanes of at least 4 members (excludes halogenated alkanes) is 1. The number of piperidine rings is 1. The van der Waals surface area contributed by atoms with Crippen LogP contribution in [-0.2, 0) is 0 Å². The lowest BCUT2D eigenvalue weighted by atomic mass is 10.1. The molecule has 0 bridgehead atoms. The lowest BCUT2D eigenvalue weighted by molar-refractivity contribution is 0.215. The molecule has 0 amide bonds. The van der Waals surface area contributed by atoms with Crippen LogP contribution in [-0.4, -0.2) is 36.1 Å². The van der Waals surface area contributed by atoms with Gasteiger partial charge in [0, 0.05) is 17.3 Å². The summed E-state index contributed by atoms with van der Waals surface area (Å²) in [6.07, 6.45) is 10.4. The van der Waals surface area contributed by atoms with Crippen molar-refractivity contribution in [1.82, 2.24) is 9.88 Å². The Balaban J connectivity index is 1.39. The van der Waals surface area contributed by atoms with Crippen LogP contribution >= 0.6 is 0 Å². The summed E-state index contributed by atoms with van der Waals surface area (Å²) in [6.45, 7) is 8.37. The summed E-state index contributed by atoms with van der Waals surface area (Å²) in [5, 5.41) is 3.17. The third kappa shape index (κ3) is 4.10. The first-order chi connectivity index (χ1) is 10.8. The van der Waals surface area contributed by atoms with E-state index in [9.17, 15) is 0 Å². The zero-order valence-electron chi connectivity index (χ0n) is 13.2. The van der Waals surface area contributed by atoms with Gasteiger partial charge in [0.25, 0.3) is 0 Å². The first kappa shape index (κ1) is 15.1. The van der Waals surface area contributed by atoms with Crippen molar-refractivity contribution in [2.24, 2.45) is 0 Å². The summed E-state index contributed by atoms with van der Waals surface area (Å²) in [4.78, 5) is 7.07. The molecule has 4 heteroatoms. The van der Waals surface area contributed by atoms with Crippen LogP contribution < -0.4 is 10.1 Å². The molecule has 118 valence electrons. The molecule has 0 spiro atoms. The highest BCUT2D eigenvalue weighted by Gasteiger charge is 2.10. The minimum absolute atomic E-state index is 0.687. The fraction of sp³-hybridized carbons (Fsp3) is 0.500. The van der Waals surface area contributed by atoms with Gasteiger partial charge in [-0.25, -0.2) is 0 Å². The Bertz CT molecular complexity index is 547. The van der Waals surface area contributed by atoms with E-state index in [0.29, 0.717) is 5.88 Å². The van der Waals surface area contributed by atoms with Crippen molar-refractivity contribution >= 4 is 11.9 Å². The van der Waals surface area contributed by atoms with E-state index in [1.54, 1.807) is 0 Å². The topological polar surface area (TPSA) is 37.4 Å². The molecular formula is C18H25N3O. The Labute approximate surface area is 132 Å². The second-order valence-electron chi connectivity index (χ2n) is 6.03. The minimum atomic E-state index is 0.687. The fourth-order valence-electron chi connectivity index (χ4n) is 2.95. The Kier molecular flexibility index (Phi) is 5.11. The predicted octanol–water partition coefficient (Wildman–Crippen LogP) is 3.68. The first-order valence-electron chi connectivity index (χ1n) is 8.31. The van der Waals surface area contributed by atoms with E-state index in [1.807, 2.05) is 24.3 Å². The number of nitrogens with one attached hydrogen (secondary N) is 1. The number of aromatic nitrogens is 1. The van der Waals surface area contributed by atoms with Gasteiger partial charge in [-0.05, 0) is 63.5 Å². The molecule has 0 unspecified atom stereocenters. The van der Waals surface area contributed by atoms with Gasteiger partial charge in [0.15, 0.2) is 0 Å². The molecule has 0 saturated carbocycles. The molecule has 4 nitrogen and oxygen atoms in total. The van der Waals surface area contributed by atoms with Crippen molar-refractivity contribution in [2.75, 3.05) is 31.6 Å². The van der Waals surface area contributed by atoms with E-state index in [0.717, 1.165) is 30.1 Å². The maximum atomic E-state index is 5.77. The molecule has 1 aromatic rings. The summed E-state index contributed by atoms with van der Waals surface area (Å²) in [5.41, 5.74) is 1.93. The number of likely N-dealkylation sites (tertiary alicyclic amines) is 1. The van der Waals surface area contributed by atoms with Crippen LogP contribution in [0.1, 0.15) is 37.7 Å². The van der Waals surface area contributed by atoms with Gasteiger partial charge >= 0.3 is 0 Å². The lowest BCUT2D eigenvalue weighted by Crippen LogP contribution is -2.30. The fourth-order valence-corrected chi connectivity index (χ4v) is 2.95. The molecule has 0 atom stereocenters. The van der Waals surface area contributed by atoms with Crippen molar-refractivity contribution in [3.63, 3.8) is 0 Å². The maximum Gasteiger partial charge on any atom is 0.215 e. The number of ether oxygens (including phenoxy) is 1. The Morgan fingerprint density at radius 1 is 1.14 bits per heavy atom. The number of anilines is 1. The van der Waals surface area contributed by atoms with Gasteiger partial charge in [0.2, 0.25) is 5.88 Å². The van der Waals surface area contributed by atoms with Crippen LogP contribution in [0.2, 0.25) is 0 Å². The van der Waals surface area contributed by atoms with Crippen LogP contribution in [0, 0.1) is 0 Å². The van der Waals surface area contributed by atoms with Gasteiger partial charge < -0.3 is 15.0 Å². The second-order valence-corrected chi connectivity index (χ2v) is 6.03. The van der Waals surface area contributed by atoms with E-state index in [1.165, 1.54) is 45.3 Å². The summed E-state index contributed by atoms with van der Waals surface area (Å²) in [6, 6.07) is 3.96. The average molecular weight is 299 g/mol. The second kappa shape index (κ2) is 7.45. The number of allylic oxidation sites excluding steroid dienone is 1. The number of hydrogen-bond acceptors (Lipinski definition) is 4. The highest BCUT2D eigenvalue weighted by atomic mass is 16.5. The third-order valence-corrected chi connectivity index (χ3v) is 4.21. The summed E-state index contributed by atoms with van der Waals surface area (Å²) >= 11 is 0. The smallest absolute Gasteiger partial charge is 0.215 e. The number of hydrogen-bond donors (Lipinski definition) is 1. The highest BCUT2D eigenvalue weighted by molar-refractivity contribution is 5.71. The van der Waals surface area contributed by atoms with E-state index in [4.69, 9.17) is 4.74 Å². The monoisotopic (exact) mass is 299 g/mol. The van der Waals surface area contributed by atoms with E-state index in [-0.39, 0.29) is 0 Å². The van der Waals surface area contributed by atoms with Crippen molar-refractivity contribution in [1.29, 1.82) is 0 Å². The zero-order chi connectivity index (χ0) is 15.2. The summed E-state index contributed by atoms with van der Waals surface area (Å²) < 4.78 is 5.77. The number of fused-ring (bicyclic) bond motifs is 1.